The van der Waals surface area contributed by atoms with E-state index < -0.39 is 0 Å². The smallest absolute Gasteiger partial charge is 0.256 e. The summed E-state index contributed by atoms with van der Waals surface area (Å²) < 4.78 is 0. The number of hydrogen-bond acceptors (Lipinski definition) is 3. The molecule has 0 atom stereocenters. The molecule has 0 unspecified atom stereocenters. The lowest BCUT2D eigenvalue weighted by Crippen LogP contribution is -2.33. The van der Waals surface area contributed by atoms with Crippen molar-refractivity contribution in [1.29, 1.82) is 0 Å². The number of aromatic nitrogens is 1. The molecule has 1 aliphatic heterocycles. The highest BCUT2D eigenvalue weighted by Crippen LogP contribution is 2.30. The molecule has 1 N–H and O–H groups in total. The Morgan fingerprint density at radius 1 is 1.03 bits per heavy atom. The predicted molar refractivity (Wildman–Crippen MR) is 120 cm³/mol. The summed E-state index contributed by atoms with van der Waals surface area (Å²) in [6.45, 7) is 9.19. The average Bonchev–Trinajstić information content (AvgIpc) is 2.76. The number of carbonyl (C=O) groups excluding carboxylic acids is 1. The zero-order chi connectivity index (χ0) is 20.4. The second-order valence-electron chi connectivity index (χ2n) is 7.66. The van der Waals surface area contributed by atoms with Crippen molar-refractivity contribution in [3.63, 3.8) is 0 Å². The summed E-state index contributed by atoms with van der Waals surface area (Å²) in [6, 6.07) is 14.3. The van der Waals surface area contributed by atoms with E-state index in [2.05, 4.69) is 49.2 Å². The first-order valence-corrected chi connectivity index (χ1v) is 10.7. The number of amides is 1. The Hall–Kier alpha value is -2.72. The van der Waals surface area contributed by atoms with Gasteiger partial charge in [0.25, 0.3) is 5.91 Å². The van der Waals surface area contributed by atoms with Gasteiger partial charge in [-0.15, -0.1) is 0 Å². The summed E-state index contributed by atoms with van der Waals surface area (Å²) in [7, 11) is 0. The molecule has 0 fully saturated rings. The SMILES string of the molecule is CCc1cccc(CC)c1NC(=O)c1c2c(nc3ccccc13)CCN(CC)C2. The van der Waals surface area contributed by atoms with E-state index in [0.29, 0.717) is 0 Å². The Morgan fingerprint density at radius 3 is 2.45 bits per heavy atom. The lowest BCUT2D eigenvalue weighted by atomic mass is 9.94. The number of fused-ring (bicyclic) bond motifs is 2. The van der Waals surface area contributed by atoms with Crippen LogP contribution in [0, 0.1) is 0 Å². The second-order valence-corrected chi connectivity index (χ2v) is 7.66. The molecule has 4 rings (SSSR count). The summed E-state index contributed by atoms with van der Waals surface area (Å²) in [5, 5.41) is 4.23. The zero-order valence-corrected chi connectivity index (χ0v) is 17.6. The van der Waals surface area contributed by atoms with Gasteiger partial charge in [-0.05, 0) is 36.6 Å². The maximum Gasteiger partial charge on any atom is 0.256 e. The Kier molecular flexibility index (Phi) is 5.63. The Labute approximate surface area is 173 Å². The van der Waals surface area contributed by atoms with Gasteiger partial charge in [-0.3, -0.25) is 14.7 Å². The van der Waals surface area contributed by atoms with E-state index >= 15 is 0 Å². The first-order chi connectivity index (χ1) is 14.2. The van der Waals surface area contributed by atoms with Gasteiger partial charge in [-0.1, -0.05) is 57.2 Å². The van der Waals surface area contributed by atoms with E-state index in [9.17, 15) is 4.79 Å². The highest BCUT2D eigenvalue weighted by atomic mass is 16.1. The van der Waals surface area contributed by atoms with Crippen molar-refractivity contribution >= 4 is 22.5 Å². The third-order valence-electron chi connectivity index (χ3n) is 6.04. The molecular weight excluding hydrogens is 358 g/mol. The maximum atomic E-state index is 13.7. The van der Waals surface area contributed by atoms with E-state index in [-0.39, 0.29) is 5.91 Å². The molecule has 1 aromatic heterocycles. The third-order valence-corrected chi connectivity index (χ3v) is 6.04. The summed E-state index contributed by atoms with van der Waals surface area (Å²) in [4.78, 5) is 21.0. The van der Waals surface area contributed by atoms with Crippen molar-refractivity contribution in [1.82, 2.24) is 9.88 Å². The Bertz CT molecular complexity index is 1040. The molecular formula is C25H29N3O. The van der Waals surface area contributed by atoms with Gasteiger partial charge in [-0.2, -0.15) is 0 Å². The van der Waals surface area contributed by atoms with E-state index in [4.69, 9.17) is 4.98 Å². The number of carbonyl (C=O) groups is 1. The molecule has 0 aliphatic carbocycles. The standard InChI is InChI=1S/C25H29N3O/c1-4-17-10-9-11-18(5-2)24(17)27-25(29)23-19-12-7-8-13-21(19)26-22-14-15-28(6-3)16-20(22)23/h7-13H,4-6,14-16H2,1-3H3,(H,27,29). The fourth-order valence-electron chi connectivity index (χ4n) is 4.35. The van der Waals surface area contributed by atoms with Crippen LogP contribution in [0.2, 0.25) is 0 Å². The van der Waals surface area contributed by atoms with Crippen LogP contribution in [0.25, 0.3) is 10.9 Å². The minimum atomic E-state index is -0.0200. The molecule has 0 saturated carbocycles. The van der Waals surface area contributed by atoms with E-state index in [1.54, 1.807) is 0 Å². The normalized spacial score (nSPS) is 14.0. The molecule has 4 heteroatoms. The summed E-state index contributed by atoms with van der Waals surface area (Å²) >= 11 is 0. The van der Waals surface area contributed by atoms with Crippen molar-refractivity contribution in [3.05, 3.63) is 70.4 Å². The van der Waals surface area contributed by atoms with Crippen LogP contribution in [-0.2, 0) is 25.8 Å². The molecule has 0 bridgehead atoms. The number of hydrogen-bond donors (Lipinski definition) is 1. The van der Waals surface area contributed by atoms with Crippen LogP contribution >= 0.6 is 0 Å². The summed E-state index contributed by atoms with van der Waals surface area (Å²) in [6.07, 6.45) is 2.67. The van der Waals surface area contributed by atoms with E-state index in [0.717, 1.165) is 72.3 Å². The van der Waals surface area contributed by atoms with Crippen molar-refractivity contribution in [2.75, 3.05) is 18.4 Å². The highest BCUT2D eigenvalue weighted by molar-refractivity contribution is 6.14. The largest absolute Gasteiger partial charge is 0.321 e. The topological polar surface area (TPSA) is 45.2 Å². The second kappa shape index (κ2) is 8.34. The van der Waals surface area contributed by atoms with Crippen molar-refractivity contribution in [2.24, 2.45) is 0 Å². The molecule has 2 heterocycles. The Morgan fingerprint density at radius 2 is 1.76 bits per heavy atom. The fourth-order valence-corrected chi connectivity index (χ4v) is 4.35. The van der Waals surface area contributed by atoms with Crippen LogP contribution in [0.4, 0.5) is 5.69 Å². The number of pyridine rings is 1. The van der Waals surface area contributed by atoms with Crippen LogP contribution in [-0.4, -0.2) is 28.9 Å². The Balaban J connectivity index is 1.84. The van der Waals surface area contributed by atoms with Crippen molar-refractivity contribution < 1.29 is 4.79 Å². The van der Waals surface area contributed by atoms with Gasteiger partial charge in [0, 0.05) is 41.8 Å². The van der Waals surface area contributed by atoms with E-state index in [1.165, 1.54) is 11.1 Å². The number of anilines is 1. The molecule has 29 heavy (non-hydrogen) atoms. The van der Waals surface area contributed by atoms with Crippen LogP contribution in [0.15, 0.2) is 42.5 Å². The monoisotopic (exact) mass is 387 g/mol. The van der Waals surface area contributed by atoms with Crippen LogP contribution in [0.3, 0.4) is 0 Å². The average molecular weight is 388 g/mol. The highest BCUT2D eigenvalue weighted by Gasteiger charge is 2.26. The lowest BCUT2D eigenvalue weighted by Gasteiger charge is -2.29. The maximum absolute atomic E-state index is 13.7. The molecule has 1 aliphatic rings. The van der Waals surface area contributed by atoms with Gasteiger partial charge >= 0.3 is 0 Å². The molecule has 2 aromatic carbocycles. The minimum Gasteiger partial charge on any atom is -0.321 e. The van der Waals surface area contributed by atoms with Gasteiger partial charge < -0.3 is 5.32 Å². The number of benzene rings is 2. The van der Waals surface area contributed by atoms with Gasteiger partial charge in [0.1, 0.15) is 0 Å². The van der Waals surface area contributed by atoms with Gasteiger partial charge in [0.05, 0.1) is 11.1 Å². The lowest BCUT2D eigenvalue weighted by molar-refractivity contribution is 0.102. The number of nitrogens with zero attached hydrogens (tertiary/aromatic N) is 2. The first kappa shape index (κ1) is 19.6. The first-order valence-electron chi connectivity index (χ1n) is 10.7. The minimum absolute atomic E-state index is 0.0200. The van der Waals surface area contributed by atoms with Gasteiger partial charge in [-0.25, -0.2) is 0 Å². The van der Waals surface area contributed by atoms with Crippen molar-refractivity contribution in [2.45, 2.75) is 46.6 Å². The van der Waals surface area contributed by atoms with Crippen LogP contribution in [0.5, 0.6) is 0 Å². The number of rotatable bonds is 5. The number of aryl methyl sites for hydroxylation is 2. The fraction of sp³-hybridized carbons (Fsp3) is 0.360. The molecule has 1 amide bonds. The molecule has 150 valence electrons. The molecule has 3 aromatic rings. The third kappa shape index (κ3) is 3.65. The van der Waals surface area contributed by atoms with Crippen molar-refractivity contribution in [3.8, 4) is 0 Å². The number of nitrogens with one attached hydrogen (secondary N) is 1. The molecule has 0 saturated heterocycles. The zero-order valence-electron chi connectivity index (χ0n) is 17.6. The molecule has 0 spiro atoms. The quantitative estimate of drug-likeness (QED) is 0.671. The summed E-state index contributed by atoms with van der Waals surface area (Å²) in [5.41, 5.74) is 7.18. The number of likely N-dealkylation sites (N-methyl/N-ethyl adjacent to an activating group) is 1. The van der Waals surface area contributed by atoms with Crippen LogP contribution < -0.4 is 5.32 Å². The molecule has 0 radical (unpaired) electrons. The van der Waals surface area contributed by atoms with Gasteiger partial charge in [0.15, 0.2) is 0 Å². The number of para-hydroxylation sites is 2. The molecule has 4 nitrogen and oxygen atoms in total. The summed E-state index contributed by atoms with van der Waals surface area (Å²) in [5.74, 6) is -0.0200. The predicted octanol–water partition coefficient (Wildman–Crippen LogP) is 4.99. The van der Waals surface area contributed by atoms with Crippen LogP contribution in [0.1, 0.15) is 53.5 Å². The van der Waals surface area contributed by atoms with Gasteiger partial charge in [0.2, 0.25) is 0 Å². The van der Waals surface area contributed by atoms with E-state index in [1.807, 2.05) is 24.3 Å².